The van der Waals surface area contributed by atoms with Crippen LogP contribution in [0.2, 0.25) is 0 Å². The van der Waals surface area contributed by atoms with Gasteiger partial charge >= 0.3 is 0 Å². The number of hydrogen-bond acceptors (Lipinski definition) is 4. The van der Waals surface area contributed by atoms with Crippen LogP contribution in [0.1, 0.15) is 42.5 Å². The second-order valence-electron chi connectivity index (χ2n) is 8.03. The molecule has 4 aromatic rings. The Hall–Kier alpha value is -3.66. The molecule has 0 bridgehead atoms. The first-order valence-corrected chi connectivity index (χ1v) is 10.4. The average molecular weight is 410 g/mol. The van der Waals surface area contributed by atoms with Crippen LogP contribution in [-0.4, -0.2) is 5.97 Å². The lowest BCUT2D eigenvalue weighted by Gasteiger charge is -2.14. The maximum atomic E-state index is 11.9. The van der Waals surface area contributed by atoms with E-state index in [0.29, 0.717) is 28.2 Å². The monoisotopic (exact) mass is 410 g/mol. The first-order chi connectivity index (χ1) is 14.9. The lowest BCUT2D eigenvalue weighted by molar-refractivity contribution is -0.307. The van der Waals surface area contributed by atoms with Gasteiger partial charge in [0.1, 0.15) is 17.4 Å². The first kappa shape index (κ1) is 20.6. The number of aryl methyl sites for hydroxylation is 1. The number of aliphatic carboxylic acids is 1. The summed E-state index contributed by atoms with van der Waals surface area (Å²) in [5.74, 6) is -0.169. The maximum Gasteiger partial charge on any atom is 0.136 e. The summed E-state index contributed by atoms with van der Waals surface area (Å²) in [6.45, 7) is 6.28. The zero-order valence-corrected chi connectivity index (χ0v) is 17.8. The van der Waals surface area contributed by atoms with Crippen LogP contribution in [0.3, 0.4) is 0 Å². The van der Waals surface area contributed by atoms with Gasteiger partial charge < -0.3 is 14.3 Å². The van der Waals surface area contributed by atoms with Crippen LogP contribution >= 0.6 is 0 Å². The molecular weight excluding hydrogens is 386 g/mol. The van der Waals surface area contributed by atoms with Gasteiger partial charge in [-0.05, 0) is 36.1 Å². The van der Waals surface area contributed by atoms with E-state index in [4.69, 9.17) is 4.42 Å². The molecule has 0 aliphatic rings. The molecule has 4 heteroatoms. The molecule has 3 aromatic carbocycles. The van der Waals surface area contributed by atoms with E-state index in [9.17, 15) is 9.90 Å². The normalized spacial score (nSPS) is 13.0. The fourth-order valence-electron chi connectivity index (χ4n) is 3.60. The van der Waals surface area contributed by atoms with Gasteiger partial charge in [0, 0.05) is 17.0 Å². The molecule has 156 valence electrons. The van der Waals surface area contributed by atoms with Crippen molar-refractivity contribution in [3.05, 3.63) is 101 Å². The summed E-state index contributed by atoms with van der Waals surface area (Å²) in [5, 5.41) is 13.3. The zero-order valence-electron chi connectivity index (χ0n) is 17.8. The lowest BCUT2D eigenvalue weighted by Crippen LogP contribution is -2.30. The lowest BCUT2D eigenvalue weighted by atomic mass is 10.0. The van der Waals surface area contributed by atoms with E-state index >= 15 is 0 Å². The van der Waals surface area contributed by atoms with E-state index < -0.39 is 12.0 Å². The molecule has 1 unspecified atom stereocenters. The van der Waals surface area contributed by atoms with Gasteiger partial charge in [0.2, 0.25) is 0 Å². The third-order valence-electron chi connectivity index (χ3n) is 5.37. The van der Waals surface area contributed by atoms with E-state index in [2.05, 4.69) is 31.0 Å². The number of carbonyl (C=O) groups excluding carboxylic acids is 1. The molecule has 1 atom stereocenters. The Balaban J connectivity index is 1.93. The quantitative estimate of drug-likeness (QED) is 0.469. The van der Waals surface area contributed by atoms with E-state index in [1.54, 1.807) is 24.3 Å². The third kappa shape index (κ3) is 4.43. The van der Waals surface area contributed by atoms with E-state index in [-0.39, 0.29) is 0 Å². The predicted molar refractivity (Wildman–Crippen MR) is 120 cm³/mol. The van der Waals surface area contributed by atoms with Crippen LogP contribution in [0.5, 0.6) is 0 Å². The number of carboxylic acids is 1. The second-order valence-corrected chi connectivity index (χ2v) is 8.03. The number of nitrogens with zero attached hydrogens (tertiary/aromatic N) is 1. The van der Waals surface area contributed by atoms with Crippen molar-refractivity contribution in [1.82, 2.24) is 0 Å². The smallest absolute Gasteiger partial charge is 0.136 e. The van der Waals surface area contributed by atoms with Gasteiger partial charge in [0.15, 0.2) is 0 Å². The van der Waals surface area contributed by atoms with Gasteiger partial charge in [0.25, 0.3) is 0 Å². The van der Waals surface area contributed by atoms with Gasteiger partial charge in [-0.2, -0.15) is 0 Å². The number of rotatable bonds is 5. The topological polar surface area (TPSA) is 65.6 Å². The molecule has 0 radical (unpaired) electrons. The summed E-state index contributed by atoms with van der Waals surface area (Å²) in [7, 11) is 0. The second kappa shape index (κ2) is 8.60. The minimum absolute atomic E-state index is 0.436. The minimum atomic E-state index is -1.24. The van der Waals surface area contributed by atoms with Crippen molar-refractivity contribution in [2.75, 3.05) is 0 Å². The van der Waals surface area contributed by atoms with Gasteiger partial charge in [-0.3, -0.25) is 4.99 Å². The standard InChI is InChI=1S/C27H25NO3/c1-17(2)19-10-12-20(13-11-19)25-16-23(22-15-18(3)9-14-24(22)31-25)28-26(27(29)30)21-7-5-4-6-8-21/h4-17,26H,1-3H3,(H,29,30)/p-1. The molecule has 0 fully saturated rings. The summed E-state index contributed by atoms with van der Waals surface area (Å²) in [6, 6.07) is 23.7. The molecule has 1 aromatic heterocycles. The summed E-state index contributed by atoms with van der Waals surface area (Å²) >= 11 is 0. The molecule has 0 aliphatic carbocycles. The Morgan fingerprint density at radius 3 is 2.26 bits per heavy atom. The molecule has 0 spiro atoms. The van der Waals surface area contributed by atoms with Gasteiger partial charge in [-0.1, -0.05) is 80.1 Å². The molecule has 4 nitrogen and oxygen atoms in total. The van der Waals surface area contributed by atoms with E-state index in [0.717, 1.165) is 16.5 Å². The summed E-state index contributed by atoms with van der Waals surface area (Å²) in [5.41, 5.74) is 4.42. The maximum absolute atomic E-state index is 11.9. The highest BCUT2D eigenvalue weighted by Gasteiger charge is 2.13. The summed E-state index contributed by atoms with van der Waals surface area (Å²) in [4.78, 5) is 16.5. The van der Waals surface area contributed by atoms with Gasteiger partial charge in [-0.25, -0.2) is 0 Å². The molecule has 0 amide bonds. The molecule has 31 heavy (non-hydrogen) atoms. The van der Waals surface area contributed by atoms with Crippen LogP contribution in [0.25, 0.3) is 22.3 Å². The predicted octanol–water partition coefficient (Wildman–Crippen LogP) is 4.92. The van der Waals surface area contributed by atoms with Gasteiger partial charge in [0.05, 0.1) is 11.3 Å². The Morgan fingerprint density at radius 2 is 1.61 bits per heavy atom. The van der Waals surface area contributed by atoms with Crippen molar-refractivity contribution >= 4 is 16.9 Å². The van der Waals surface area contributed by atoms with Crippen LogP contribution in [0.15, 0.2) is 88.3 Å². The first-order valence-electron chi connectivity index (χ1n) is 10.4. The van der Waals surface area contributed by atoms with E-state index in [1.165, 1.54) is 5.56 Å². The summed E-state index contributed by atoms with van der Waals surface area (Å²) in [6.07, 6.45) is 0. The molecule has 4 rings (SSSR count). The number of carbonyl (C=O) groups is 1. The van der Waals surface area contributed by atoms with Crippen molar-refractivity contribution in [2.45, 2.75) is 32.7 Å². The average Bonchev–Trinajstić information content (AvgIpc) is 2.77. The van der Waals surface area contributed by atoms with Crippen molar-refractivity contribution in [3.63, 3.8) is 0 Å². The van der Waals surface area contributed by atoms with Crippen LogP contribution < -0.4 is 10.5 Å². The molecular formula is C27H24NO3-. The molecule has 0 saturated heterocycles. The molecule has 0 aliphatic heterocycles. The van der Waals surface area contributed by atoms with Crippen molar-refractivity contribution in [2.24, 2.45) is 4.99 Å². The van der Waals surface area contributed by atoms with Crippen LogP contribution in [0.4, 0.5) is 0 Å². The fraction of sp³-hybridized carbons (Fsp3) is 0.185. The summed E-state index contributed by atoms with van der Waals surface area (Å²) < 4.78 is 6.17. The fourth-order valence-corrected chi connectivity index (χ4v) is 3.60. The highest BCUT2D eigenvalue weighted by atomic mass is 16.4. The van der Waals surface area contributed by atoms with Crippen molar-refractivity contribution < 1.29 is 14.3 Å². The van der Waals surface area contributed by atoms with Gasteiger partial charge in [-0.15, -0.1) is 0 Å². The van der Waals surface area contributed by atoms with Crippen molar-refractivity contribution in [1.29, 1.82) is 0 Å². The Kier molecular flexibility index (Phi) is 5.72. The SMILES string of the molecule is Cc1ccc2oc(-c3ccc(C(C)C)cc3)cc(=NC(C(=O)[O-])c3ccccc3)c2c1. The Labute approximate surface area is 181 Å². The molecule has 0 N–H and O–H groups in total. The molecule has 0 saturated carbocycles. The Morgan fingerprint density at radius 1 is 0.903 bits per heavy atom. The largest absolute Gasteiger partial charge is 0.547 e. The van der Waals surface area contributed by atoms with Crippen molar-refractivity contribution in [3.8, 4) is 11.3 Å². The van der Waals surface area contributed by atoms with Crippen LogP contribution in [-0.2, 0) is 4.79 Å². The third-order valence-corrected chi connectivity index (χ3v) is 5.37. The highest BCUT2D eigenvalue weighted by molar-refractivity contribution is 5.80. The minimum Gasteiger partial charge on any atom is -0.547 e. The molecule has 1 heterocycles. The number of benzene rings is 3. The zero-order chi connectivity index (χ0) is 22.0. The van der Waals surface area contributed by atoms with E-state index in [1.807, 2.05) is 49.4 Å². The number of carboxylic acid groups (broad SMARTS) is 1. The van der Waals surface area contributed by atoms with Crippen LogP contribution in [0, 0.1) is 6.92 Å². The highest BCUT2D eigenvalue weighted by Crippen LogP contribution is 2.26. The number of hydrogen-bond donors (Lipinski definition) is 0. The Bertz CT molecular complexity index is 1290. The number of fused-ring (bicyclic) bond motifs is 1.